The van der Waals surface area contributed by atoms with Gasteiger partial charge in [-0.2, -0.15) is 0 Å². The SMILES string of the molecule is C=CCC1C=C(c2ccccc2)C=CCC1. The first-order valence-corrected chi connectivity index (χ1v) is 5.95. The fourth-order valence-electron chi connectivity index (χ4n) is 2.14. The van der Waals surface area contributed by atoms with E-state index >= 15 is 0 Å². The van der Waals surface area contributed by atoms with E-state index in [-0.39, 0.29) is 0 Å². The molecule has 2 rings (SSSR count). The molecule has 1 aromatic carbocycles. The molecule has 0 amide bonds. The molecule has 0 saturated carbocycles. The number of benzene rings is 1. The zero-order valence-corrected chi connectivity index (χ0v) is 9.60. The van der Waals surface area contributed by atoms with Crippen LogP contribution in [-0.2, 0) is 0 Å². The van der Waals surface area contributed by atoms with Gasteiger partial charge in [0.2, 0.25) is 0 Å². The van der Waals surface area contributed by atoms with E-state index in [0.717, 1.165) is 6.42 Å². The summed E-state index contributed by atoms with van der Waals surface area (Å²) in [5.41, 5.74) is 2.67. The van der Waals surface area contributed by atoms with Crippen LogP contribution < -0.4 is 0 Å². The van der Waals surface area contributed by atoms with Crippen molar-refractivity contribution in [3.8, 4) is 0 Å². The second kappa shape index (κ2) is 5.50. The highest BCUT2D eigenvalue weighted by molar-refractivity contribution is 5.74. The van der Waals surface area contributed by atoms with Gasteiger partial charge >= 0.3 is 0 Å². The van der Waals surface area contributed by atoms with Gasteiger partial charge in [0.05, 0.1) is 0 Å². The molecule has 0 aromatic heterocycles. The summed E-state index contributed by atoms with van der Waals surface area (Å²) in [6.45, 7) is 3.83. The molecule has 0 heteroatoms. The molecule has 1 aliphatic carbocycles. The third kappa shape index (κ3) is 2.73. The number of hydrogen-bond donors (Lipinski definition) is 0. The standard InChI is InChI=1S/C16H18/c1-2-8-14-9-6-7-12-16(13-14)15-10-4-3-5-11-15/h2-5,7,10-14H,1,6,8-9H2. The normalized spacial score (nSPS) is 20.0. The average molecular weight is 210 g/mol. The molecule has 0 radical (unpaired) electrons. The fourth-order valence-corrected chi connectivity index (χ4v) is 2.14. The minimum absolute atomic E-state index is 0.641. The van der Waals surface area contributed by atoms with Crippen LogP contribution in [0, 0.1) is 5.92 Å². The molecule has 0 heterocycles. The molecule has 1 atom stereocenters. The van der Waals surface area contributed by atoms with Gasteiger partial charge in [0.25, 0.3) is 0 Å². The Kier molecular flexibility index (Phi) is 3.76. The summed E-state index contributed by atoms with van der Waals surface area (Å²) in [5.74, 6) is 0.641. The van der Waals surface area contributed by atoms with Crippen molar-refractivity contribution in [3.05, 3.63) is 66.8 Å². The Labute approximate surface area is 98.0 Å². The Hall–Kier alpha value is -1.56. The van der Waals surface area contributed by atoms with Crippen LogP contribution in [-0.4, -0.2) is 0 Å². The molecule has 0 aliphatic heterocycles. The predicted molar refractivity (Wildman–Crippen MR) is 71.1 cm³/mol. The summed E-state index contributed by atoms with van der Waals surface area (Å²) in [6, 6.07) is 10.6. The third-order valence-corrected chi connectivity index (χ3v) is 2.99. The highest BCUT2D eigenvalue weighted by Gasteiger charge is 2.08. The van der Waals surface area contributed by atoms with Crippen molar-refractivity contribution < 1.29 is 0 Å². The average Bonchev–Trinajstić information content (AvgIpc) is 2.56. The maximum absolute atomic E-state index is 3.83. The maximum Gasteiger partial charge on any atom is -0.0187 e. The highest BCUT2D eigenvalue weighted by atomic mass is 14.1. The molecular formula is C16H18. The van der Waals surface area contributed by atoms with E-state index in [1.54, 1.807) is 0 Å². The minimum atomic E-state index is 0.641. The van der Waals surface area contributed by atoms with Crippen LogP contribution in [0.15, 0.2) is 61.2 Å². The molecule has 1 unspecified atom stereocenters. The summed E-state index contributed by atoms with van der Waals surface area (Å²) in [4.78, 5) is 0. The summed E-state index contributed by atoms with van der Waals surface area (Å²) in [7, 11) is 0. The van der Waals surface area contributed by atoms with Gasteiger partial charge in [-0.1, -0.05) is 54.6 Å². The lowest BCUT2D eigenvalue weighted by Gasteiger charge is -2.09. The van der Waals surface area contributed by atoms with E-state index in [4.69, 9.17) is 0 Å². The van der Waals surface area contributed by atoms with Crippen LogP contribution in [0.4, 0.5) is 0 Å². The molecule has 0 nitrogen and oxygen atoms in total. The Balaban J connectivity index is 2.26. The second-order valence-corrected chi connectivity index (χ2v) is 4.25. The van der Waals surface area contributed by atoms with Crippen LogP contribution >= 0.6 is 0 Å². The first-order valence-electron chi connectivity index (χ1n) is 5.95. The summed E-state index contributed by atoms with van der Waals surface area (Å²) in [5, 5.41) is 0. The van der Waals surface area contributed by atoms with Gasteiger partial charge in [-0.05, 0) is 36.3 Å². The van der Waals surface area contributed by atoms with Gasteiger partial charge in [0, 0.05) is 0 Å². The Bertz CT molecular complexity index is 395. The summed E-state index contributed by atoms with van der Waals surface area (Å²) < 4.78 is 0. The van der Waals surface area contributed by atoms with Crippen LogP contribution in [0.25, 0.3) is 5.57 Å². The monoisotopic (exact) mass is 210 g/mol. The molecule has 0 N–H and O–H groups in total. The van der Waals surface area contributed by atoms with Gasteiger partial charge in [0.1, 0.15) is 0 Å². The lowest BCUT2D eigenvalue weighted by atomic mass is 9.96. The van der Waals surface area contributed by atoms with Crippen molar-refractivity contribution >= 4 is 5.57 Å². The molecule has 0 fully saturated rings. The summed E-state index contributed by atoms with van der Waals surface area (Å²) in [6.07, 6.45) is 12.4. The molecular weight excluding hydrogens is 192 g/mol. The van der Waals surface area contributed by atoms with Crippen molar-refractivity contribution in [2.45, 2.75) is 19.3 Å². The molecule has 82 valence electrons. The van der Waals surface area contributed by atoms with E-state index in [2.05, 4.69) is 55.1 Å². The Morgan fingerprint density at radius 3 is 2.81 bits per heavy atom. The Morgan fingerprint density at radius 1 is 1.25 bits per heavy atom. The minimum Gasteiger partial charge on any atom is -0.103 e. The van der Waals surface area contributed by atoms with E-state index in [0.29, 0.717) is 5.92 Å². The second-order valence-electron chi connectivity index (χ2n) is 4.25. The first kappa shape index (κ1) is 10.9. The smallest absolute Gasteiger partial charge is 0.0187 e. The molecule has 0 bridgehead atoms. The predicted octanol–water partition coefficient (Wildman–Crippen LogP) is 4.61. The molecule has 16 heavy (non-hydrogen) atoms. The van der Waals surface area contributed by atoms with Crippen LogP contribution in [0.3, 0.4) is 0 Å². The van der Waals surface area contributed by atoms with E-state index < -0.39 is 0 Å². The number of rotatable bonds is 3. The fraction of sp³-hybridized carbons (Fsp3) is 0.250. The van der Waals surface area contributed by atoms with Crippen molar-refractivity contribution in [2.24, 2.45) is 5.92 Å². The van der Waals surface area contributed by atoms with Crippen molar-refractivity contribution in [3.63, 3.8) is 0 Å². The maximum atomic E-state index is 3.83. The van der Waals surface area contributed by atoms with Gasteiger partial charge in [-0.3, -0.25) is 0 Å². The van der Waals surface area contributed by atoms with Crippen molar-refractivity contribution in [2.75, 3.05) is 0 Å². The van der Waals surface area contributed by atoms with Crippen molar-refractivity contribution in [1.29, 1.82) is 0 Å². The topological polar surface area (TPSA) is 0 Å². The largest absolute Gasteiger partial charge is 0.103 e. The molecule has 0 saturated heterocycles. The van der Waals surface area contributed by atoms with E-state index in [1.165, 1.54) is 24.0 Å². The van der Waals surface area contributed by atoms with Gasteiger partial charge in [-0.25, -0.2) is 0 Å². The quantitative estimate of drug-likeness (QED) is 0.639. The lowest BCUT2D eigenvalue weighted by molar-refractivity contribution is 0.612. The van der Waals surface area contributed by atoms with Crippen LogP contribution in [0.5, 0.6) is 0 Å². The Morgan fingerprint density at radius 2 is 2.06 bits per heavy atom. The molecule has 0 spiro atoms. The first-order chi connectivity index (χ1) is 7.90. The van der Waals surface area contributed by atoms with Gasteiger partial charge in [-0.15, -0.1) is 6.58 Å². The summed E-state index contributed by atoms with van der Waals surface area (Å²) >= 11 is 0. The molecule has 1 aliphatic rings. The van der Waals surface area contributed by atoms with Gasteiger partial charge < -0.3 is 0 Å². The number of allylic oxidation sites excluding steroid dienone is 5. The van der Waals surface area contributed by atoms with Crippen molar-refractivity contribution in [1.82, 2.24) is 0 Å². The zero-order chi connectivity index (χ0) is 11.2. The van der Waals surface area contributed by atoms with E-state index in [9.17, 15) is 0 Å². The number of hydrogen-bond acceptors (Lipinski definition) is 0. The van der Waals surface area contributed by atoms with Crippen LogP contribution in [0.1, 0.15) is 24.8 Å². The lowest BCUT2D eigenvalue weighted by Crippen LogP contribution is -1.93. The zero-order valence-electron chi connectivity index (χ0n) is 9.60. The van der Waals surface area contributed by atoms with E-state index in [1.807, 2.05) is 6.08 Å². The van der Waals surface area contributed by atoms with Crippen LogP contribution in [0.2, 0.25) is 0 Å². The highest BCUT2D eigenvalue weighted by Crippen LogP contribution is 2.25. The molecule has 1 aromatic rings. The third-order valence-electron chi connectivity index (χ3n) is 2.99. The van der Waals surface area contributed by atoms with Gasteiger partial charge in [0.15, 0.2) is 0 Å².